The van der Waals surface area contributed by atoms with Gasteiger partial charge in [-0.25, -0.2) is 14.8 Å². The Bertz CT molecular complexity index is 687. The third-order valence-electron chi connectivity index (χ3n) is 4.74. The molecule has 2 amide bonds. The summed E-state index contributed by atoms with van der Waals surface area (Å²) >= 11 is 0. The number of imidazole rings is 1. The van der Waals surface area contributed by atoms with Gasteiger partial charge in [0.1, 0.15) is 5.52 Å². The van der Waals surface area contributed by atoms with E-state index in [-0.39, 0.29) is 6.03 Å². The predicted octanol–water partition coefficient (Wildman–Crippen LogP) is 1.52. The number of fused-ring (bicyclic) bond motifs is 1. The molecule has 0 spiro atoms. The molecule has 0 atom stereocenters. The van der Waals surface area contributed by atoms with E-state index in [1.165, 1.54) is 0 Å². The zero-order valence-corrected chi connectivity index (χ0v) is 13.1. The molecule has 2 aromatic rings. The Hall–Kier alpha value is -2.15. The van der Waals surface area contributed by atoms with Crippen molar-refractivity contribution >= 4 is 17.2 Å². The molecule has 2 aliphatic heterocycles. The van der Waals surface area contributed by atoms with Crippen molar-refractivity contribution in [3.63, 3.8) is 0 Å². The van der Waals surface area contributed by atoms with Crippen LogP contribution in [0.2, 0.25) is 0 Å². The molecule has 7 heteroatoms. The van der Waals surface area contributed by atoms with Crippen LogP contribution in [0.4, 0.5) is 4.79 Å². The molecular weight excluding hydrogens is 294 g/mol. The first kappa shape index (κ1) is 14.4. The quantitative estimate of drug-likeness (QED) is 0.800. The fraction of sp³-hybridized carbons (Fsp3) is 0.562. The van der Waals surface area contributed by atoms with E-state index in [1.54, 1.807) is 6.20 Å². The van der Waals surface area contributed by atoms with Gasteiger partial charge in [-0.15, -0.1) is 0 Å². The largest absolute Gasteiger partial charge is 0.378 e. The minimum atomic E-state index is 0.153. The first-order valence-corrected chi connectivity index (χ1v) is 8.22. The van der Waals surface area contributed by atoms with Crippen molar-refractivity contribution in [2.24, 2.45) is 0 Å². The van der Waals surface area contributed by atoms with Crippen LogP contribution < -0.4 is 0 Å². The van der Waals surface area contributed by atoms with E-state index < -0.39 is 0 Å². The van der Waals surface area contributed by atoms with E-state index in [0.29, 0.717) is 32.3 Å². The molecule has 2 saturated heterocycles. The molecule has 0 aromatic carbocycles. The van der Waals surface area contributed by atoms with Crippen molar-refractivity contribution in [3.8, 4) is 0 Å². The summed E-state index contributed by atoms with van der Waals surface area (Å²) < 4.78 is 7.47. The van der Waals surface area contributed by atoms with Gasteiger partial charge in [0.25, 0.3) is 0 Å². The third-order valence-corrected chi connectivity index (χ3v) is 4.74. The minimum absolute atomic E-state index is 0.153. The molecule has 0 aliphatic carbocycles. The zero-order chi connectivity index (χ0) is 15.6. The van der Waals surface area contributed by atoms with E-state index in [2.05, 4.69) is 14.5 Å². The normalized spacial score (nSPS) is 20.2. The van der Waals surface area contributed by atoms with Crippen molar-refractivity contribution < 1.29 is 9.53 Å². The number of piperidine rings is 1. The molecule has 4 heterocycles. The number of carbonyl (C=O) groups is 1. The van der Waals surface area contributed by atoms with Gasteiger partial charge in [-0.05, 0) is 25.0 Å². The number of morpholine rings is 1. The molecule has 0 radical (unpaired) electrons. The molecule has 2 aliphatic rings. The average Bonchev–Trinajstić information content (AvgIpc) is 3.06. The lowest BCUT2D eigenvalue weighted by atomic mass is 10.1. The lowest BCUT2D eigenvalue weighted by Gasteiger charge is -2.37. The Balaban J connectivity index is 1.41. The van der Waals surface area contributed by atoms with Crippen molar-refractivity contribution in [1.82, 2.24) is 24.3 Å². The molecule has 7 nitrogen and oxygen atoms in total. The SMILES string of the molecule is O=C(N1CCOCC1)N1CCC(n2cnc3cccnc32)CC1. The van der Waals surface area contributed by atoms with Crippen LogP contribution in [0.1, 0.15) is 18.9 Å². The first-order valence-electron chi connectivity index (χ1n) is 8.22. The maximum atomic E-state index is 12.5. The van der Waals surface area contributed by atoms with Crippen molar-refractivity contribution in [1.29, 1.82) is 0 Å². The summed E-state index contributed by atoms with van der Waals surface area (Å²) in [6.07, 6.45) is 5.57. The number of nitrogens with zero attached hydrogens (tertiary/aromatic N) is 5. The molecule has 23 heavy (non-hydrogen) atoms. The number of rotatable bonds is 1. The van der Waals surface area contributed by atoms with Crippen molar-refractivity contribution in [2.45, 2.75) is 18.9 Å². The van der Waals surface area contributed by atoms with Gasteiger partial charge in [0, 0.05) is 38.4 Å². The lowest BCUT2D eigenvalue weighted by Crippen LogP contribution is -2.50. The summed E-state index contributed by atoms with van der Waals surface area (Å²) in [6, 6.07) is 4.41. The fourth-order valence-electron chi connectivity index (χ4n) is 3.42. The van der Waals surface area contributed by atoms with E-state index in [1.807, 2.05) is 28.3 Å². The number of carbonyl (C=O) groups excluding carboxylic acids is 1. The molecule has 2 aromatic heterocycles. The number of ether oxygens (including phenoxy) is 1. The molecule has 0 saturated carbocycles. The summed E-state index contributed by atoms with van der Waals surface area (Å²) in [4.78, 5) is 25.3. The van der Waals surface area contributed by atoms with Crippen molar-refractivity contribution in [2.75, 3.05) is 39.4 Å². The number of likely N-dealkylation sites (tertiary alicyclic amines) is 1. The Labute approximate surface area is 134 Å². The van der Waals surface area contributed by atoms with Gasteiger partial charge in [-0.1, -0.05) is 0 Å². The fourth-order valence-corrected chi connectivity index (χ4v) is 3.42. The second kappa shape index (κ2) is 6.16. The lowest BCUT2D eigenvalue weighted by molar-refractivity contribution is 0.0403. The van der Waals surface area contributed by atoms with Crippen LogP contribution in [0, 0.1) is 0 Å². The van der Waals surface area contributed by atoms with Crippen LogP contribution in [-0.4, -0.2) is 69.8 Å². The highest BCUT2D eigenvalue weighted by Gasteiger charge is 2.28. The van der Waals surface area contributed by atoms with E-state index >= 15 is 0 Å². The van der Waals surface area contributed by atoms with Gasteiger partial charge >= 0.3 is 6.03 Å². The van der Waals surface area contributed by atoms with Gasteiger partial charge in [0.2, 0.25) is 0 Å². The van der Waals surface area contributed by atoms with E-state index in [0.717, 1.165) is 37.1 Å². The average molecular weight is 315 g/mol. The molecule has 0 unspecified atom stereocenters. The van der Waals surface area contributed by atoms with Crippen LogP contribution in [-0.2, 0) is 4.74 Å². The number of pyridine rings is 1. The minimum Gasteiger partial charge on any atom is -0.378 e. The Morgan fingerprint density at radius 3 is 2.61 bits per heavy atom. The van der Waals surface area contributed by atoms with Crippen LogP contribution in [0.25, 0.3) is 11.2 Å². The summed E-state index contributed by atoms with van der Waals surface area (Å²) in [7, 11) is 0. The van der Waals surface area contributed by atoms with E-state index in [4.69, 9.17) is 4.74 Å². The number of hydrogen-bond acceptors (Lipinski definition) is 4. The second-order valence-electron chi connectivity index (χ2n) is 6.10. The summed E-state index contributed by atoms with van der Waals surface area (Å²) in [6.45, 7) is 4.27. The van der Waals surface area contributed by atoms with Crippen LogP contribution >= 0.6 is 0 Å². The zero-order valence-electron chi connectivity index (χ0n) is 13.1. The van der Waals surface area contributed by atoms with Crippen molar-refractivity contribution in [3.05, 3.63) is 24.7 Å². The summed E-state index contributed by atoms with van der Waals surface area (Å²) in [5, 5.41) is 0. The Morgan fingerprint density at radius 2 is 1.83 bits per heavy atom. The molecule has 0 N–H and O–H groups in total. The monoisotopic (exact) mass is 315 g/mol. The number of hydrogen-bond donors (Lipinski definition) is 0. The Morgan fingerprint density at radius 1 is 1.09 bits per heavy atom. The molecule has 122 valence electrons. The first-order chi connectivity index (χ1) is 11.3. The predicted molar refractivity (Wildman–Crippen MR) is 85.2 cm³/mol. The molecule has 0 bridgehead atoms. The van der Waals surface area contributed by atoms with Gasteiger partial charge in [0.05, 0.1) is 19.5 Å². The number of amides is 2. The summed E-state index contributed by atoms with van der Waals surface area (Å²) in [5.41, 5.74) is 1.87. The van der Waals surface area contributed by atoms with Crippen LogP contribution in [0.15, 0.2) is 24.7 Å². The topological polar surface area (TPSA) is 63.5 Å². The van der Waals surface area contributed by atoms with Crippen LogP contribution in [0.5, 0.6) is 0 Å². The maximum absolute atomic E-state index is 12.5. The molecular formula is C16H21N5O2. The number of urea groups is 1. The highest BCUT2D eigenvalue weighted by molar-refractivity contribution is 5.74. The van der Waals surface area contributed by atoms with E-state index in [9.17, 15) is 4.79 Å². The summed E-state index contributed by atoms with van der Waals surface area (Å²) in [5.74, 6) is 0. The van der Waals surface area contributed by atoms with Gasteiger partial charge in [-0.2, -0.15) is 0 Å². The maximum Gasteiger partial charge on any atom is 0.320 e. The molecule has 4 rings (SSSR count). The third kappa shape index (κ3) is 2.76. The van der Waals surface area contributed by atoms with Gasteiger partial charge < -0.3 is 19.1 Å². The standard InChI is InChI=1S/C16H21N5O2/c22-16(20-8-10-23-11-9-20)19-6-3-13(4-7-19)21-12-18-14-2-1-5-17-15(14)21/h1-2,5,12-13H,3-4,6-11H2. The highest BCUT2D eigenvalue weighted by atomic mass is 16.5. The van der Waals surface area contributed by atoms with Gasteiger partial charge in [0.15, 0.2) is 5.65 Å². The van der Waals surface area contributed by atoms with Crippen LogP contribution in [0.3, 0.4) is 0 Å². The Kier molecular flexibility index (Phi) is 3.87. The smallest absolute Gasteiger partial charge is 0.320 e. The molecule has 2 fully saturated rings. The highest BCUT2D eigenvalue weighted by Crippen LogP contribution is 2.26. The number of aromatic nitrogens is 3. The second-order valence-corrected chi connectivity index (χ2v) is 6.10. The van der Waals surface area contributed by atoms with Gasteiger partial charge in [-0.3, -0.25) is 0 Å².